The topological polar surface area (TPSA) is 34.8 Å². The number of para-hydroxylation sites is 1. The molecule has 3 nitrogen and oxygen atoms in total. The van der Waals surface area contributed by atoms with Gasteiger partial charge in [0.05, 0.1) is 0 Å². The number of likely N-dealkylation sites (tertiary alicyclic amines) is 1. The first kappa shape index (κ1) is 15.7. The SMILES string of the molecule is c1ccc2c(CCN3CCCCC3c3cccc4[nH]ccc34)c[nH]c2c1. The van der Waals surface area contributed by atoms with Crippen molar-refractivity contribution in [2.24, 2.45) is 0 Å². The van der Waals surface area contributed by atoms with Crippen molar-refractivity contribution in [3.8, 4) is 0 Å². The van der Waals surface area contributed by atoms with Gasteiger partial charge in [-0.1, -0.05) is 36.8 Å². The van der Waals surface area contributed by atoms with Crippen LogP contribution in [-0.2, 0) is 6.42 Å². The van der Waals surface area contributed by atoms with E-state index in [4.69, 9.17) is 0 Å². The van der Waals surface area contributed by atoms with Crippen molar-refractivity contribution in [1.82, 2.24) is 14.9 Å². The second-order valence-corrected chi connectivity index (χ2v) is 7.44. The Kier molecular flexibility index (Phi) is 4.02. The van der Waals surface area contributed by atoms with E-state index in [0.29, 0.717) is 6.04 Å². The van der Waals surface area contributed by atoms with Gasteiger partial charge in [-0.25, -0.2) is 0 Å². The van der Waals surface area contributed by atoms with E-state index >= 15 is 0 Å². The lowest BCUT2D eigenvalue weighted by molar-refractivity contribution is 0.152. The summed E-state index contributed by atoms with van der Waals surface area (Å²) < 4.78 is 0. The van der Waals surface area contributed by atoms with Gasteiger partial charge in [-0.3, -0.25) is 4.90 Å². The standard InChI is InChI=1S/C23H25N3/c1-2-8-21-18(6-1)17(16-25-21)12-15-26-14-4-3-10-23(26)20-7-5-9-22-19(20)11-13-24-22/h1-2,5-9,11,13,16,23-25H,3-4,10,12,14-15H2. The van der Waals surface area contributed by atoms with Gasteiger partial charge in [0.1, 0.15) is 0 Å². The van der Waals surface area contributed by atoms with Crippen LogP contribution >= 0.6 is 0 Å². The van der Waals surface area contributed by atoms with E-state index in [1.807, 2.05) is 0 Å². The molecular weight excluding hydrogens is 318 g/mol. The minimum absolute atomic E-state index is 0.536. The van der Waals surface area contributed by atoms with Crippen LogP contribution in [0, 0.1) is 0 Å². The number of fused-ring (bicyclic) bond motifs is 2. The highest BCUT2D eigenvalue weighted by Crippen LogP contribution is 2.35. The predicted octanol–water partition coefficient (Wildman–Crippen LogP) is 5.42. The largest absolute Gasteiger partial charge is 0.361 e. The number of aromatic amines is 2. The molecule has 1 saturated heterocycles. The average molecular weight is 343 g/mol. The number of hydrogen-bond donors (Lipinski definition) is 2. The third-order valence-corrected chi connectivity index (χ3v) is 5.94. The van der Waals surface area contributed by atoms with Crippen molar-refractivity contribution in [1.29, 1.82) is 0 Å². The van der Waals surface area contributed by atoms with Gasteiger partial charge in [0.25, 0.3) is 0 Å². The molecule has 5 rings (SSSR count). The molecule has 0 amide bonds. The number of aromatic nitrogens is 2. The molecule has 1 unspecified atom stereocenters. The van der Waals surface area contributed by atoms with Crippen molar-refractivity contribution in [2.45, 2.75) is 31.7 Å². The van der Waals surface area contributed by atoms with Crippen LogP contribution in [0.4, 0.5) is 0 Å². The van der Waals surface area contributed by atoms with Gasteiger partial charge >= 0.3 is 0 Å². The molecule has 2 N–H and O–H groups in total. The van der Waals surface area contributed by atoms with Gasteiger partial charge in [-0.2, -0.15) is 0 Å². The molecule has 0 radical (unpaired) electrons. The molecule has 3 heteroatoms. The summed E-state index contributed by atoms with van der Waals surface area (Å²) in [4.78, 5) is 9.48. The number of nitrogens with one attached hydrogen (secondary N) is 2. The first-order valence-electron chi connectivity index (χ1n) is 9.75. The first-order chi connectivity index (χ1) is 12.9. The van der Waals surface area contributed by atoms with E-state index in [9.17, 15) is 0 Å². The van der Waals surface area contributed by atoms with Gasteiger partial charge in [-0.15, -0.1) is 0 Å². The molecular formula is C23H25N3. The minimum Gasteiger partial charge on any atom is -0.361 e. The summed E-state index contributed by atoms with van der Waals surface area (Å²) in [5, 5.41) is 2.75. The van der Waals surface area contributed by atoms with Crippen LogP contribution in [0.3, 0.4) is 0 Å². The maximum Gasteiger partial charge on any atom is 0.0457 e. The van der Waals surface area contributed by atoms with E-state index < -0.39 is 0 Å². The van der Waals surface area contributed by atoms with Crippen molar-refractivity contribution >= 4 is 21.8 Å². The molecule has 3 heterocycles. The molecule has 4 aromatic rings. The molecule has 1 aliphatic rings. The quantitative estimate of drug-likeness (QED) is 0.510. The first-order valence-corrected chi connectivity index (χ1v) is 9.75. The van der Waals surface area contributed by atoms with Crippen molar-refractivity contribution in [3.63, 3.8) is 0 Å². The Morgan fingerprint density at radius 2 is 1.77 bits per heavy atom. The fraction of sp³-hybridized carbons (Fsp3) is 0.304. The maximum absolute atomic E-state index is 3.42. The zero-order valence-corrected chi connectivity index (χ0v) is 15.0. The van der Waals surface area contributed by atoms with Crippen LogP contribution in [0.2, 0.25) is 0 Å². The molecule has 1 aliphatic heterocycles. The number of piperidine rings is 1. The normalized spacial score (nSPS) is 18.7. The third-order valence-electron chi connectivity index (χ3n) is 5.94. The summed E-state index contributed by atoms with van der Waals surface area (Å²) in [7, 11) is 0. The number of rotatable bonds is 4. The molecule has 26 heavy (non-hydrogen) atoms. The average Bonchev–Trinajstić information content (AvgIpc) is 3.33. The monoisotopic (exact) mass is 343 g/mol. The molecule has 1 atom stereocenters. The van der Waals surface area contributed by atoms with Crippen LogP contribution in [0.25, 0.3) is 21.8 Å². The van der Waals surface area contributed by atoms with E-state index in [2.05, 4.69) is 75.8 Å². The summed E-state index contributed by atoms with van der Waals surface area (Å²) in [6, 6.07) is 18.1. The summed E-state index contributed by atoms with van der Waals surface area (Å²) >= 11 is 0. The van der Waals surface area contributed by atoms with Gasteiger partial charge in [0.2, 0.25) is 0 Å². The lowest BCUT2D eigenvalue weighted by Crippen LogP contribution is -2.35. The maximum atomic E-state index is 3.42. The Morgan fingerprint density at radius 1 is 0.885 bits per heavy atom. The van der Waals surface area contributed by atoms with Crippen LogP contribution < -0.4 is 0 Å². The van der Waals surface area contributed by atoms with Crippen molar-refractivity contribution < 1.29 is 0 Å². The highest BCUT2D eigenvalue weighted by Gasteiger charge is 2.25. The molecule has 0 bridgehead atoms. The molecule has 0 saturated carbocycles. The van der Waals surface area contributed by atoms with Crippen LogP contribution in [0.15, 0.2) is 60.9 Å². The van der Waals surface area contributed by atoms with Crippen molar-refractivity contribution in [2.75, 3.05) is 13.1 Å². The number of benzene rings is 2. The number of hydrogen-bond acceptors (Lipinski definition) is 1. The summed E-state index contributed by atoms with van der Waals surface area (Å²) in [5.74, 6) is 0. The fourth-order valence-electron chi connectivity index (χ4n) is 4.61. The Bertz CT molecular complexity index is 1030. The summed E-state index contributed by atoms with van der Waals surface area (Å²) in [5.41, 5.74) is 5.42. The van der Waals surface area contributed by atoms with Crippen LogP contribution in [-0.4, -0.2) is 28.0 Å². The lowest BCUT2D eigenvalue weighted by atomic mass is 9.92. The van der Waals surface area contributed by atoms with Crippen LogP contribution in [0.1, 0.15) is 36.4 Å². The molecule has 0 spiro atoms. The van der Waals surface area contributed by atoms with Crippen LogP contribution in [0.5, 0.6) is 0 Å². The molecule has 1 fully saturated rings. The van der Waals surface area contributed by atoms with Gasteiger partial charge < -0.3 is 9.97 Å². The van der Waals surface area contributed by atoms with Gasteiger partial charge in [0, 0.05) is 46.8 Å². The molecule has 132 valence electrons. The molecule has 2 aromatic heterocycles. The van der Waals surface area contributed by atoms with Crippen molar-refractivity contribution in [3.05, 3.63) is 72.1 Å². The minimum atomic E-state index is 0.536. The van der Waals surface area contributed by atoms with E-state index in [0.717, 1.165) is 13.0 Å². The Balaban J connectivity index is 1.41. The molecule has 0 aliphatic carbocycles. The van der Waals surface area contributed by atoms with Gasteiger partial charge in [0.15, 0.2) is 0 Å². The predicted molar refractivity (Wildman–Crippen MR) is 108 cm³/mol. The Hall–Kier alpha value is -2.52. The summed E-state index contributed by atoms with van der Waals surface area (Å²) in [6.07, 6.45) is 9.26. The third kappa shape index (κ3) is 2.73. The van der Waals surface area contributed by atoms with E-state index in [1.165, 1.54) is 58.7 Å². The summed E-state index contributed by atoms with van der Waals surface area (Å²) in [6.45, 7) is 2.32. The number of nitrogens with zero attached hydrogens (tertiary/aromatic N) is 1. The highest BCUT2D eigenvalue weighted by atomic mass is 15.2. The van der Waals surface area contributed by atoms with Gasteiger partial charge in [-0.05, 0) is 55.1 Å². The highest BCUT2D eigenvalue weighted by molar-refractivity contribution is 5.84. The van der Waals surface area contributed by atoms with E-state index in [1.54, 1.807) is 0 Å². The smallest absolute Gasteiger partial charge is 0.0457 e. The second-order valence-electron chi connectivity index (χ2n) is 7.44. The fourth-order valence-corrected chi connectivity index (χ4v) is 4.61. The zero-order chi connectivity index (χ0) is 17.3. The Morgan fingerprint density at radius 3 is 2.77 bits per heavy atom. The molecule has 2 aromatic carbocycles. The van der Waals surface area contributed by atoms with E-state index in [-0.39, 0.29) is 0 Å². The second kappa shape index (κ2) is 6.65. The lowest BCUT2D eigenvalue weighted by Gasteiger charge is -2.36. The Labute approximate surface area is 154 Å². The number of H-pyrrole nitrogens is 2. The zero-order valence-electron chi connectivity index (χ0n) is 15.0.